The van der Waals surface area contributed by atoms with Gasteiger partial charge in [-0.1, -0.05) is 18.2 Å². The molecule has 0 aromatic heterocycles. The van der Waals surface area contributed by atoms with Crippen molar-refractivity contribution in [1.82, 2.24) is 10.2 Å². The molecule has 6 rings (SSSR count). The Kier molecular flexibility index (Phi) is 10.4. The summed E-state index contributed by atoms with van der Waals surface area (Å²) in [5, 5.41) is 2.96. The number of esters is 1. The number of methoxy groups -OCH3 is 3. The SMILES string of the molecule is COC(=O)CCCC(=O)N1CCc2cc3c(OC)cc2C1c1ccc(OC)c(c1)OCCCNC(=O)CCc1cccc(c1)O3. The third kappa shape index (κ3) is 7.68. The Morgan fingerprint density at radius 1 is 0.933 bits per heavy atom. The summed E-state index contributed by atoms with van der Waals surface area (Å²) in [5.41, 5.74) is 3.80. The monoisotopic (exact) mass is 616 g/mol. The van der Waals surface area contributed by atoms with E-state index in [1.54, 1.807) is 14.2 Å². The molecule has 0 saturated heterocycles. The first kappa shape index (κ1) is 31.7. The van der Waals surface area contributed by atoms with Crippen molar-refractivity contribution in [2.24, 2.45) is 0 Å². The number of fused-ring (bicyclic) bond motifs is 8. The van der Waals surface area contributed by atoms with Crippen molar-refractivity contribution >= 4 is 17.8 Å². The van der Waals surface area contributed by atoms with Gasteiger partial charge in [0.2, 0.25) is 11.8 Å². The van der Waals surface area contributed by atoms with Gasteiger partial charge in [-0.3, -0.25) is 14.4 Å². The molecule has 10 nitrogen and oxygen atoms in total. The molecule has 8 bridgehead atoms. The maximum atomic E-state index is 13.7. The zero-order chi connectivity index (χ0) is 31.8. The first-order valence-electron chi connectivity index (χ1n) is 15.3. The standard InChI is InChI=1S/C35H40N2O8/c1-41-28-13-12-25-21-30(28)44-18-6-16-36-32(38)14-11-23-7-4-8-26(19-23)45-31-20-24-15-17-37(33(39)9-5-10-34(40)43-3)35(25)27(24)22-29(31)42-2/h4,7-8,12-13,19-22,35H,5-6,9-11,14-18H2,1-3H3,(H,36,38). The van der Waals surface area contributed by atoms with Crippen molar-refractivity contribution in [2.45, 2.75) is 51.0 Å². The highest BCUT2D eigenvalue weighted by Crippen LogP contribution is 2.44. The molecular formula is C35H40N2O8. The lowest BCUT2D eigenvalue weighted by molar-refractivity contribution is -0.141. The topological polar surface area (TPSA) is 113 Å². The fourth-order valence-electron chi connectivity index (χ4n) is 5.82. The van der Waals surface area contributed by atoms with Gasteiger partial charge in [0.25, 0.3) is 0 Å². The Labute approximate surface area is 263 Å². The lowest BCUT2D eigenvalue weighted by Gasteiger charge is -2.38. The van der Waals surface area contributed by atoms with Crippen molar-refractivity contribution in [1.29, 1.82) is 0 Å². The van der Waals surface area contributed by atoms with Gasteiger partial charge >= 0.3 is 5.97 Å². The Morgan fingerprint density at radius 2 is 1.78 bits per heavy atom. The maximum Gasteiger partial charge on any atom is 0.305 e. The second-order valence-electron chi connectivity index (χ2n) is 11.1. The van der Waals surface area contributed by atoms with Crippen LogP contribution in [0, 0.1) is 0 Å². The fourth-order valence-corrected chi connectivity index (χ4v) is 5.82. The maximum absolute atomic E-state index is 13.7. The third-order valence-corrected chi connectivity index (χ3v) is 8.14. The van der Waals surface area contributed by atoms with Gasteiger partial charge in [-0.25, -0.2) is 0 Å². The molecular weight excluding hydrogens is 576 g/mol. The molecule has 0 spiro atoms. The van der Waals surface area contributed by atoms with E-state index in [9.17, 15) is 14.4 Å². The molecule has 0 radical (unpaired) electrons. The van der Waals surface area contributed by atoms with Crippen LogP contribution in [0.5, 0.6) is 28.7 Å². The van der Waals surface area contributed by atoms with Gasteiger partial charge in [0.1, 0.15) is 5.75 Å². The van der Waals surface area contributed by atoms with Crippen LogP contribution in [0.3, 0.4) is 0 Å². The quantitative estimate of drug-likeness (QED) is 0.379. The molecule has 45 heavy (non-hydrogen) atoms. The number of hydrogen-bond donors (Lipinski definition) is 1. The van der Waals surface area contributed by atoms with Crippen LogP contribution in [-0.4, -0.2) is 63.7 Å². The first-order chi connectivity index (χ1) is 21.9. The molecule has 0 fully saturated rings. The number of hydrogen-bond acceptors (Lipinski definition) is 8. The van der Waals surface area contributed by atoms with E-state index in [1.807, 2.05) is 59.5 Å². The fraction of sp³-hybridized carbons (Fsp3) is 0.400. The Bertz CT molecular complexity index is 1540. The molecule has 3 aromatic carbocycles. The van der Waals surface area contributed by atoms with Gasteiger partial charge in [0.05, 0.1) is 34.0 Å². The molecule has 3 heterocycles. The van der Waals surface area contributed by atoms with Gasteiger partial charge in [-0.15, -0.1) is 0 Å². The molecule has 10 heteroatoms. The number of rotatable bonds is 6. The second-order valence-corrected chi connectivity index (χ2v) is 11.1. The largest absolute Gasteiger partial charge is 0.493 e. The van der Waals surface area contributed by atoms with E-state index in [2.05, 4.69) is 5.32 Å². The number of benzene rings is 3. The molecule has 238 valence electrons. The van der Waals surface area contributed by atoms with Crippen LogP contribution in [0.25, 0.3) is 0 Å². The van der Waals surface area contributed by atoms with Crippen molar-refractivity contribution in [3.05, 3.63) is 76.9 Å². The minimum Gasteiger partial charge on any atom is -0.493 e. The van der Waals surface area contributed by atoms with E-state index in [4.69, 9.17) is 23.7 Å². The Morgan fingerprint density at radius 3 is 2.58 bits per heavy atom. The van der Waals surface area contributed by atoms with Crippen LogP contribution in [0.4, 0.5) is 0 Å². The number of carbonyl (C=O) groups is 3. The highest BCUT2D eigenvalue weighted by Gasteiger charge is 2.34. The van der Waals surface area contributed by atoms with E-state index in [1.165, 1.54) is 7.11 Å². The van der Waals surface area contributed by atoms with E-state index in [0.29, 0.717) is 80.5 Å². The summed E-state index contributed by atoms with van der Waals surface area (Å²) in [5.74, 6) is 2.43. The lowest BCUT2D eigenvalue weighted by atomic mass is 9.87. The zero-order valence-electron chi connectivity index (χ0n) is 26.1. The number of aryl methyl sites for hydroxylation is 1. The molecule has 0 saturated carbocycles. The van der Waals surface area contributed by atoms with Crippen molar-refractivity contribution in [3.63, 3.8) is 0 Å². The summed E-state index contributed by atoms with van der Waals surface area (Å²) >= 11 is 0. The molecule has 3 aliphatic rings. The number of ether oxygens (including phenoxy) is 5. The molecule has 1 atom stereocenters. The molecule has 3 aromatic rings. The lowest BCUT2D eigenvalue weighted by Crippen LogP contribution is -2.40. The number of carbonyl (C=O) groups excluding carboxylic acids is 3. The third-order valence-electron chi connectivity index (χ3n) is 8.14. The van der Waals surface area contributed by atoms with E-state index in [0.717, 1.165) is 22.3 Å². The minimum atomic E-state index is -0.441. The number of nitrogens with zero attached hydrogens (tertiary/aromatic N) is 1. The molecule has 2 amide bonds. The summed E-state index contributed by atoms with van der Waals surface area (Å²) in [6.45, 7) is 1.33. The van der Waals surface area contributed by atoms with Gasteiger partial charge in [-0.05, 0) is 84.3 Å². The molecule has 1 unspecified atom stereocenters. The van der Waals surface area contributed by atoms with E-state index < -0.39 is 6.04 Å². The van der Waals surface area contributed by atoms with Gasteiger partial charge in [0.15, 0.2) is 23.0 Å². The summed E-state index contributed by atoms with van der Waals surface area (Å²) in [7, 11) is 4.52. The summed E-state index contributed by atoms with van der Waals surface area (Å²) < 4.78 is 28.7. The average Bonchev–Trinajstić information content (AvgIpc) is 3.05. The molecule has 1 N–H and O–H groups in total. The van der Waals surface area contributed by atoms with E-state index in [-0.39, 0.29) is 30.6 Å². The highest BCUT2D eigenvalue weighted by atomic mass is 16.5. The van der Waals surface area contributed by atoms with Crippen LogP contribution in [0.1, 0.15) is 60.4 Å². The van der Waals surface area contributed by atoms with Crippen LogP contribution >= 0.6 is 0 Å². The minimum absolute atomic E-state index is 0.0291. The average molecular weight is 617 g/mol. The predicted molar refractivity (Wildman–Crippen MR) is 167 cm³/mol. The Hall–Kier alpha value is -4.73. The normalized spacial score (nSPS) is 16.5. The summed E-state index contributed by atoms with van der Waals surface area (Å²) in [4.78, 5) is 39.8. The van der Waals surface area contributed by atoms with Crippen LogP contribution in [0.15, 0.2) is 54.6 Å². The van der Waals surface area contributed by atoms with Gasteiger partial charge in [0, 0.05) is 32.4 Å². The van der Waals surface area contributed by atoms with Crippen molar-refractivity contribution < 1.29 is 38.1 Å². The first-order valence-corrected chi connectivity index (χ1v) is 15.3. The van der Waals surface area contributed by atoms with Crippen LogP contribution in [-0.2, 0) is 32.0 Å². The Balaban J connectivity index is 1.57. The zero-order valence-corrected chi connectivity index (χ0v) is 26.1. The van der Waals surface area contributed by atoms with Crippen LogP contribution in [0.2, 0.25) is 0 Å². The molecule has 0 aliphatic carbocycles. The van der Waals surface area contributed by atoms with Gasteiger partial charge in [-0.2, -0.15) is 0 Å². The predicted octanol–water partition coefficient (Wildman–Crippen LogP) is 5.14. The van der Waals surface area contributed by atoms with Gasteiger partial charge < -0.3 is 33.9 Å². The van der Waals surface area contributed by atoms with E-state index >= 15 is 0 Å². The van der Waals surface area contributed by atoms with Crippen molar-refractivity contribution in [2.75, 3.05) is 41.0 Å². The number of nitrogens with one attached hydrogen (secondary N) is 1. The van der Waals surface area contributed by atoms with Crippen LogP contribution < -0.4 is 24.3 Å². The highest BCUT2D eigenvalue weighted by molar-refractivity contribution is 5.79. The summed E-state index contributed by atoms with van der Waals surface area (Å²) in [6.07, 6.45) is 2.94. The second kappa shape index (κ2) is 14.8. The smallest absolute Gasteiger partial charge is 0.305 e. The van der Waals surface area contributed by atoms with Crippen molar-refractivity contribution in [3.8, 4) is 28.7 Å². The summed E-state index contributed by atoms with van der Waals surface area (Å²) in [6, 6.07) is 16.9. The number of amides is 2. The molecule has 3 aliphatic heterocycles.